The Bertz CT molecular complexity index is 188. The zero-order valence-corrected chi connectivity index (χ0v) is 11.4. The molecule has 1 atom stereocenters. The van der Waals surface area contributed by atoms with E-state index >= 15 is 0 Å². The standard InChI is InChI=1S/C14H29N/c1-6-9-14(7-2)10-8-11-15(12-14)13(3,4)5/h6-12H2,1-5H3. The maximum atomic E-state index is 2.69. The van der Waals surface area contributed by atoms with Crippen molar-refractivity contribution >= 4 is 0 Å². The van der Waals surface area contributed by atoms with E-state index in [4.69, 9.17) is 0 Å². The first-order valence-electron chi connectivity index (χ1n) is 6.68. The fourth-order valence-electron chi connectivity index (χ4n) is 2.98. The van der Waals surface area contributed by atoms with Gasteiger partial charge in [0.05, 0.1) is 0 Å². The normalized spacial score (nSPS) is 29.4. The summed E-state index contributed by atoms with van der Waals surface area (Å²) >= 11 is 0. The summed E-state index contributed by atoms with van der Waals surface area (Å²) < 4.78 is 0. The molecule has 1 nitrogen and oxygen atoms in total. The minimum atomic E-state index is 0.356. The third-order valence-corrected chi connectivity index (χ3v) is 4.14. The highest BCUT2D eigenvalue weighted by Gasteiger charge is 2.36. The summed E-state index contributed by atoms with van der Waals surface area (Å²) in [5, 5.41) is 0. The second-order valence-corrected chi connectivity index (χ2v) is 6.30. The third-order valence-electron chi connectivity index (χ3n) is 4.14. The predicted molar refractivity (Wildman–Crippen MR) is 68.2 cm³/mol. The fourth-order valence-corrected chi connectivity index (χ4v) is 2.98. The molecule has 1 aliphatic heterocycles. The lowest BCUT2D eigenvalue weighted by Gasteiger charge is -2.48. The monoisotopic (exact) mass is 211 g/mol. The van der Waals surface area contributed by atoms with E-state index in [1.165, 1.54) is 45.2 Å². The average Bonchev–Trinajstić information content (AvgIpc) is 2.17. The molecule has 0 amide bonds. The van der Waals surface area contributed by atoms with Gasteiger partial charge in [0.15, 0.2) is 0 Å². The molecular formula is C14H29N. The van der Waals surface area contributed by atoms with Crippen LogP contribution in [0.25, 0.3) is 0 Å². The molecule has 1 aliphatic rings. The van der Waals surface area contributed by atoms with Crippen LogP contribution in [-0.4, -0.2) is 23.5 Å². The van der Waals surface area contributed by atoms with Crippen molar-refractivity contribution in [2.75, 3.05) is 13.1 Å². The van der Waals surface area contributed by atoms with Crippen LogP contribution in [0.1, 0.15) is 66.7 Å². The number of hydrogen-bond donors (Lipinski definition) is 0. The molecule has 0 aromatic carbocycles. The van der Waals surface area contributed by atoms with E-state index in [0.717, 1.165) is 0 Å². The predicted octanol–water partition coefficient (Wildman–Crippen LogP) is 4.08. The van der Waals surface area contributed by atoms with Gasteiger partial charge in [0.25, 0.3) is 0 Å². The molecule has 90 valence electrons. The van der Waals surface area contributed by atoms with Crippen LogP contribution in [0, 0.1) is 5.41 Å². The zero-order chi connectivity index (χ0) is 11.5. The molecule has 0 N–H and O–H groups in total. The summed E-state index contributed by atoms with van der Waals surface area (Å²) in [5.74, 6) is 0. The molecular weight excluding hydrogens is 182 g/mol. The minimum Gasteiger partial charge on any atom is -0.298 e. The largest absolute Gasteiger partial charge is 0.298 e. The summed E-state index contributed by atoms with van der Waals surface area (Å²) in [6, 6.07) is 0. The van der Waals surface area contributed by atoms with E-state index < -0.39 is 0 Å². The van der Waals surface area contributed by atoms with Gasteiger partial charge < -0.3 is 0 Å². The van der Waals surface area contributed by atoms with Gasteiger partial charge in [-0.2, -0.15) is 0 Å². The van der Waals surface area contributed by atoms with Gasteiger partial charge in [-0.05, 0) is 58.4 Å². The number of hydrogen-bond acceptors (Lipinski definition) is 1. The Labute approximate surface area is 96.2 Å². The van der Waals surface area contributed by atoms with Crippen molar-refractivity contribution in [2.45, 2.75) is 72.3 Å². The van der Waals surface area contributed by atoms with Crippen molar-refractivity contribution < 1.29 is 0 Å². The quantitative estimate of drug-likeness (QED) is 0.680. The summed E-state index contributed by atoms with van der Waals surface area (Å²) in [5.41, 5.74) is 0.981. The van der Waals surface area contributed by atoms with Crippen molar-refractivity contribution in [2.24, 2.45) is 5.41 Å². The van der Waals surface area contributed by atoms with E-state index in [9.17, 15) is 0 Å². The molecule has 1 saturated heterocycles. The number of nitrogens with zero attached hydrogens (tertiary/aromatic N) is 1. The van der Waals surface area contributed by atoms with E-state index in [2.05, 4.69) is 39.5 Å². The molecule has 1 unspecified atom stereocenters. The molecule has 1 heterocycles. The second-order valence-electron chi connectivity index (χ2n) is 6.30. The van der Waals surface area contributed by atoms with Crippen molar-refractivity contribution in [1.82, 2.24) is 4.90 Å². The molecule has 0 saturated carbocycles. The van der Waals surface area contributed by atoms with Gasteiger partial charge in [0.1, 0.15) is 0 Å². The van der Waals surface area contributed by atoms with Gasteiger partial charge in [-0.25, -0.2) is 0 Å². The molecule has 0 spiro atoms. The van der Waals surface area contributed by atoms with Crippen molar-refractivity contribution in [1.29, 1.82) is 0 Å². The maximum Gasteiger partial charge on any atom is 0.0125 e. The molecule has 15 heavy (non-hydrogen) atoms. The minimum absolute atomic E-state index is 0.356. The van der Waals surface area contributed by atoms with Crippen molar-refractivity contribution in [3.8, 4) is 0 Å². The Morgan fingerprint density at radius 1 is 1.20 bits per heavy atom. The lowest BCUT2D eigenvalue weighted by molar-refractivity contribution is 0.0174. The Kier molecular flexibility index (Phi) is 4.22. The molecule has 1 rings (SSSR count). The van der Waals surface area contributed by atoms with E-state index in [1.807, 2.05) is 0 Å². The van der Waals surface area contributed by atoms with Crippen LogP contribution in [-0.2, 0) is 0 Å². The van der Waals surface area contributed by atoms with E-state index in [0.29, 0.717) is 11.0 Å². The number of likely N-dealkylation sites (tertiary alicyclic amines) is 1. The molecule has 0 aromatic rings. The van der Waals surface area contributed by atoms with Gasteiger partial charge in [-0.3, -0.25) is 4.90 Å². The highest BCUT2D eigenvalue weighted by atomic mass is 15.2. The van der Waals surface area contributed by atoms with Crippen molar-refractivity contribution in [3.63, 3.8) is 0 Å². The van der Waals surface area contributed by atoms with Crippen LogP contribution >= 0.6 is 0 Å². The Morgan fingerprint density at radius 2 is 1.87 bits per heavy atom. The van der Waals surface area contributed by atoms with E-state index in [1.54, 1.807) is 0 Å². The van der Waals surface area contributed by atoms with E-state index in [-0.39, 0.29) is 0 Å². The SMILES string of the molecule is CCCC1(CC)CCCN(C(C)(C)C)C1. The lowest BCUT2D eigenvalue weighted by Crippen LogP contribution is -2.51. The van der Waals surface area contributed by atoms with Crippen LogP contribution in [0.2, 0.25) is 0 Å². The molecule has 1 heteroatoms. The Morgan fingerprint density at radius 3 is 2.33 bits per heavy atom. The molecule has 1 fully saturated rings. The topological polar surface area (TPSA) is 3.24 Å². The first kappa shape index (κ1) is 13.0. The van der Waals surface area contributed by atoms with Crippen LogP contribution < -0.4 is 0 Å². The number of rotatable bonds is 3. The zero-order valence-electron chi connectivity index (χ0n) is 11.4. The summed E-state index contributed by atoms with van der Waals surface area (Å²) in [4.78, 5) is 2.69. The molecule has 0 aliphatic carbocycles. The summed E-state index contributed by atoms with van der Waals surface area (Å²) in [6.07, 6.45) is 6.95. The van der Waals surface area contributed by atoms with Gasteiger partial charge in [0, 0.05) is 12.1 Å². The third kappa shape index (κ3) is 3.21. The highest BCUT2D eigenvalue weighted by Crippen LogP contribution is 2.39. The van der Waals surface area contributed by atoms with Gasteiger partial charge >= 0.3 is 0 Å². The summed E-state index contributed by atoms with van der Waals surface area (Å²) in [6.45, 7) is 14.4. The van der Waals surface area contributed by atoms with Crippen LogP contribution in [0.4, 0.5) is 0 Å². The Balaban J connectivity index is 2.68. The van der Waals surface area contributed by atoms with Gasteiger partial charge in [-0.1, -0.05) is 20.3 Å². The van der Waals surface area contributed by atoms with Gasteiger partial charge in [-0.15, -0.1) is 0 Å². The first-order valence-corrected chi connectivity index (χ1v) is 6.68. The second kappa shape index (κ2) is 4.86. The van der Waals surface area contributed by atoms with Gasteiger partial charge in [0.2, 0.25) is 0 Å². The molecule has 0 radical (unpaired) electrons. The average molecular weight is 211 g/mol. The van der Waals surface area contributed by atoms with Crippen LogP contribution in [0.15, 0.2) is 0 Å². The highest BCUT2D eigenvalue weighted by molar-refractivity contribution is 4.90. The molecule has 0 bridgehead atoms. The smallest absolute Gasteiger partial charge is 0.0125 e. The fraction of sp³-hybridized carbons (Fsp3) is 1.00. The molecule has 0 aromatic heterocycles. The Hall–Kier alpha value is -0.0400. The maximum absolute atomic E-state index is 2.69. The van der Waals surface area contributed by atoms with Crippen LogP contribution in [0.3, 0.4) is 0 Å². The van der Waals surface area contributed by atoms with Crippen LogP contribution in [0.5, 0.6) is 0 Å². The lowest BCUT2D eigenvalue weighted by atomic mass is 9.73. The van der Waals surface area contributed by atoms with Crippen molar-refractivity contribution in [3.05, 3.63) is 0 Å². The number of piperidine rings is 1. The first-order chi connectivity index (χ1) is 6.93. The summed E-state index contributed by atoms with van der Waals surface area (Å²) in [7, 11) is 0.